The molecule has 0 saturated carbocycles. The van der Waals surface area contributed by atoms with Crippen molar-refractivity contribution in [2.24, 2.45) is 0 Å². The van der Waals surface area contributed by atoms with Crippen LogP contribution in [0.4, 0.5) is 5.69 Å². The molecular formula is C17H19BrClNO2. The first kappa shape index (κ1) is 17.0. The molecule has 0 bridgehead atoms. The molecule has 0 unspecified atom stereocenters. The SMILES string of the molecule is COc1cc(CNc2ccc(Br)cc2)cc(Cl)c1OC(C)C. The van der Waals surface area contributed by atoms with Crippen molar-refractivity contribution in [2.45, 2.75) is 26.5 Å². The second-order valence-corrected chi connectivity index (χ2v) is 6.46. The van der Waals surface area contributed by atoms with E-state index in [1.807, 2.05) is 50.2 Å². The molecule has 2 rings (SSSR count). The Morgan fingerprint density at radius 2 is 1.86 bits per heavy atom. The van der Waals surface area contributed by atoms with E-state index in [9.17, 15) is 0 Å². The first-order valence-corrected chi connectivity index (χ1v) is 8.19. The monoisotopic (exact) mass is 383 g/mol. The molecule has 118 valence electrons. The zero-order valence-corrected chi connectivity index (χ0v) is 15.2. The van der Waals surface area contributed by atoms with Gasteiger partial charge >= 0.3 is 0 Å². The molecule has 2 aromatic rings. The first-order valence-electron chi connectivity index (χ1n) is 7.02. The van der Waals surface area contributed by atoms with Crippen molar-refractivity contribution in [3.63, 3.8) is 0 Å². The van der Waals surface area contributed by atoms with Crippen LogP contribution in [0.25, 0.3) is 0 Å². The Labute approximate surface area is 144 Å². The van der Waals surface area contributed by atoms with E-state index in [4.69, 9.17) is 21.1 Å². The summed E-state index contributed by atoms with van der Waals surface area (Å²) >= 11 is 9.74. The third kappa shape index (κ3) is 4.55. The van der Waals surface area contributed by atoms with E-state index >= 15 is 0 Å². The second kappa shape index (κ2) is 7.75. The largest absolute Gasteiger partial charge is 0.493 e. The molecule has 1 N–H and O–H groups in total. The van der Waals surface area contributed by atoms with Crippen molar-refractivity contribution in [3.8, 4) is 11.5 Å². The number of anilines is 1. The molecule has 0 heterocycles. The van der Waals surface area contributed by atoms with Crippen LogP contribution in [0.2, 0.25) is 5.02 Å². The Balaban J connectivity index is 2.14. The summed E-state index contributed by atoms with van der Waals surface area (Å²) in [6.07, 6.45) is 0.0399. The number of methoxy groups -OCH3 is 1. The maximum absolute atomic E-state index is 6.32. The second-order valence-electron chi connectivity index (χ2n) is 5.14. The van der Waals surface area contributed by atoms with Crippen molar-refractivity contribution in [3.05, 3.63) is 51.5 Å². The molecular weight excluding hydrogens is 366 g/mol. The van der Waals surface area contributed by atoms with Gasteiger partial charge in [-0.15, -0.1) is 0 Å². The molecule has 0 spiro atoms. The fourth-order valence-electron chi connectivity index (χ4n) is 2.00. The topological polar surface area (TPSA) is 30.5 Å². The minimum atomic E-state index is 0.0399. The molecule has 22 heavy (non-hydrogen) atoms. The third-order valence-electron chi connectivity index (χ3n) is 2.98. The Bertz CT molecular complexity index is 629. The normalized spacial score (nSPS) is 10.6. The van der Waals surface area contributed by atoms with Crippen LogP contribution in [0.5, 0.6) is 11.5 Å². The molecule has 2 aromatic carbocycles. The quantitative estimate of drug-likeness (QED) is 0.712. The minimum Gasteiger partial charge on any atom is -0.493 e. The van der Waals surface area contributed by atoms with Crippen LogP contribution in [0, 0.1) is 0 Å². The number of hydrogen-bond acceptors (Lipinski definition) is 3. The van der Waals surface area contributed by atoms with Crippen LogP contribution in [-0.2, 0) is 6.54 Å². The van der Waals surface area contributed by atoms with E-state index in [0.717, 1.165) is 15.7 Å². The van der Waals surface area contributed by atoms with Crippen LogP contribution in [-0.4, -0.2) is 13.2 Å². The maximum Gasteiger partial charge on any atom is 0.180 e. The first-order chi connectivity index (χ1) is 10.5. The Kier molecular flexibility index (Phi) is 5.98. The summed E-state index contributed by atoms with van der Waals surface area (Å²) in [5, 5.41) is 3.91. The summed E-state index contributed by atoms with van der Waals surface area (Å²) in [6, 6.07) is 11.9. The van der Waals surface area contributed by atoms with Gasteiger partial charge in [0.2, 0.25) is 0 Å². The van der Waals surface area contributed by atoms with Gasteiger partial charge in [0.1, 0.15) is 0 Å². The van der Waals surface area contributed by atoms with Gasteiger partial charge in [-0.25, -0.2) is 0 Å². The maximum atomic E-state index is 6.32. The molecule has 0 amide bonds. The van der Waals surface area contributed by atoms with Gasteiger partial charge in [0.15, 0.2) is 11.5 Å². The number of benzene rings is 2. The highest BCUT2D eigenvalue weighted by Crippen LogP contribution is 2.37. The average Bonchev–Trinajstić information content (AvgIpc) is 2.48. The smallest absolute Gasteiger partial charge is 0.180 e. The highest BCUT2D eigenvalue weighted by atomic mass is 79.9. The molecule has 0 aliphatic carbocycles. The molecule has 5 heteroatoms. The molecule has 0 atom stereocenters. The highest BCUT2D eigenvalue weighted by Gasteiger charge is 2.13. The van der Waals surface area contributed by atoms with Gasteiger partial charge in [-0.3, -0.25) is 0 Å². The van der Waals surface area contributed by atoms with Gasteiger partial charge in [0, 0.05) is 16.7 Å². The average molecular weight is 385 g/mol. The van der Waals surface area contributed by atoms with E-state index in [1.54, 1.807) is 7.11 Å². The van der Waals surface area contributed by atoms with Gasteiger partial charge in [0.05, 0.1) is 18.2 Å². The number of rotatable bonds is 6. The Morgan fingerprint density at radius 1 is 1.18 bits per heavy atom. The van der Waals surface area contributed by atoms with Crippen molar-refractivity contribution >= 4 is 33.2 Å². The lowest BCUT2D eigenvalue weighted by atomic mass is 10.2. The zero-order valence-electron chi connectivity index (χ0n) is 12.8. The van der Waals surface area contributed by atoms with Crippen LogP contribution < -0.4 is 14.8 Å². The predicted molar refractivity (Wildman–Crippen MR) is 95.2 cm³/mol. The number of halogens is 2. The van der Waals surface area contributed by atoms with Crippen molar-refractivity contribution in [2.75, 3.05) is 12.4 Å². The number of hydrogen-bond donors (Lipinski definition) is 1. The predicted octanol–water partition coefficient (Wildman–Crippen LogP) is 5.51. The molecule has 0 saturated heterocycles. The van der Waals surface area contributed by atoms with E-state index in [1.165, 1.54) is 0 Å². The summed E-state index contributed by atoms with van der Waals surface area (Å²) in [4.78, 5) is 0. The van der Waals surface area contributed by atoms with Crippen LogP contribution in [0.1, 0.15) is 19.4 Å². The van der Waals surface area contributed by atoms with Gasteiger partial charge in [-0.1, -0.05) is 27.5 Å². The minimum absolute atomic E-state index is 0.0399. The molecule has 0 aromatic heterocycles. The van der Waals surface area contributed by atoms with Crippen molar-refractivity contribution < 1.29 is 9.47 Å². The lowest BCUT2D eigenvalue weighted by Gasteiger charge is -2.16. The summed E-state index contributed by atoms with van der Waals surface area (Å²) in [6.45, 7) is 4.57. The fraction of sp³-hybridized carbons (Fsp3) is 0.294. The number of ether oxygens (including phenoxy) is 2. The molecule has 0 radical (unpaired) electrons. The zero-order chi connectivity index (χ0) is 16.1. The highest BCUT2D eigenvalue weighted by molar-refractivity contribution is 9.10. The van der Waals surface area contributed by atoms with Gasteiger partial charge in [0.25, 0.3) is 0 Å². The Morgan fingerprint density at radius 3 is 2.45 bits per heavy atom. The summed E-state index contributed by atoms with van der Waals surface area (Å²) in [7, 11) is 1.62. The van der Waals surface area contributed by atoms with E-state index in [0.29, 0.717) is 23.1 Å². The van der Waals surface area contributed by atoms with Crippen molar-refractivity contribution in [1.29, 1.82) is 0 Å². The van der Waals surface area contributed by atoms with E-state index in [2.05, 4.69) is 21.2 Å². The Hall–Kier alpha value is -1.39. The summed E-state index contributed by atoms with van der Waals surface area (Å²) in [5.41, 5.74) is 2.07. The lowest BCUT2D eigenvalue weighted by Crippen LogP contribution is -2.08. The van der Waals surface area contributed by atoms with Gasteiger partial charge < -0.3 is 14.8 Å². The van der Waals surface area contributed by atoms with E-state index < -0.39 is 0 Å². The summed E-state index contributed by atoms with van der Waals surface area (Å²) in [5.74, 6) is 1.24. The number of nitrogens with one attached hydrogen (secondary N) is 1. The van der Waals surface area contributed by atoms with Crippen LogP contribution in [0.3, 0.4) is 0 Å². The third-order valence-corrected chi connectivity index (χ3v) is 3.79. The standard InChI is InChI=1S/C17H19BrClNO2/c1-11(2)22-17-15(19)8-12(9-16(17)21-3)10-20-14-6-4-13(18)5-7-14/h4-9,11,20H,10H2,1-3H3. The lowest BCUT2D eigenvalue weighted by molar-refractivity contribution is 0.230. The van der Waals surface area contributed by atoms with Gasteiger partial charge in [-0.2, -0.15) is 0 Å². The van der Waals surface area contributed by atoms with E-state index in [-0.39, 0.29) is 6.10 Å². The molecule has 0 fully saturated rings. The molecule has 0 aliphatic heterocycles. The van der Waals surface area contributed by atoms with Crippen LogP contribution in [0.15, 0.2) is 40.9 Å². The summed E-state index contributed by atoms with van der Waals surface area (Å²) < 4.78 is 12.2. The van der Waals surface area contributed by atoms with Crippen molar-refractivity contribution in [1.82, 2.24) is 0 Å². The van der Waals surface area contributed by atoms with Gasteiger partial charge in [-0.05, 0) is 55.8 Å². The fourth-order valence-corrected chi connectivity index (χ4v) is 2.54. The molecule has 3 nitrogen and oxygen atoms in total. The molecule has 0 aliphatic rings. The van der Waals surface area contributed by atoms with Crippen LogP contribution >= 0.6 is 27.5 Å².